The smallest absolute Gasteiger partial charge is 0.408 e. The highest BCUT2D eigenvalue weighted by atomic mass is 32.1. The standard InChI is InChI=1S/C40H53N5O7S/c1-39(2,3)35(44-37(49)52-25-34-42-28-19-13-14-20-33(28)53-34)36(48)43-29(21-26-15-9-7-10-16-26)31(46)23-41-24-32(47)30(22-27-17-11-8-12-18-27)45(38(50)51)40(4,5)6/h7-20,29-32,35,41,46-47H,21-25H2,1-6H3,(H,43,48)(H,44,49)(H,50,51)/t29-,30-,31+,32+,35+/m0/s1. The average Bonchev–Trinajstić information content (AvgIpc) is 3.52. The van der Waals surface area contributed by atoms with Crippen LogP contribution in [-0.4, -0.2) is 92.3 Å². The molecule has 0 bridgehead atoms. The second-order valence-electron chi connectivity index (χ2n) is 15.3. The number of aromatic nitrogens is 1. The number of rotatable bonds is 16. The van der Waals surface area contributed by atoms with Gasteiger partial charge in [-0.25, -0.2) is 14.6 Å². The highest BCUT2D eigenvalue weighted by molar-refractivity contribution is 7.18. The Morgan fingerprint density at radius 2 is 1.36 bits per heavy atom. The Labute approximate surface area is 315 Å². The summed E-state index contributed by atoms with van der Waals surface area (Å²) in [6.07, 6.45) is -3.60. The molecular formula is C40H53N5O7S. The van der Waals surface area contributed by atoms with Crippen LogP contribution in [0.5, 0.6) is 0 Å². The van der Waals surface area contributed by atoms with E-state index in [1.165, 1.54) is 16.2 Å². The zero-order valence-electron chi connectivity index (χ0n) is 31.3. The number of benzene rings is 3. The fourth-order valence-electron chi connectivity index (χ4n) is 6.20. The number of carbonyl (C=O) groups is 3. The zero-order chi connectivity index (χ0) is 38.8. The van der Waals surface area contributed by atoms with Crippen molar-refractivity contribution in [2.75, 3.05) is 13.1 Å². The SMILES string of the molecule is CC(C)(C)[C@H](NC(=O)OCc1nc2ccccc2s1)C(=O)N[C@@H](Cc1ccccc1)[C@H](O)CNC[C@@H](O)[C@H](Cc1ccccc1)N(C(=O)O)C(C)(C)C. The summed E-state index contributed by atoms with van der Waals surface area (Å²) in [7, 11) is 0. The summed E-state index contributed by atoms with van der Waals surface area (Å²) in [6.45, 7) is 10.7. The first-order chi connectivity index (χ1) is 25.0. The number of thiazole rings is 1. The number of aliphatic hydroxyl groups is 2. The Bertz CT molecular complexity index is 1740. The van der Waals surface area contributed by atoms with Gasteiger partial charge in [0.15, 0.2) is 0 Å². The summed E-state index contributed by atoms with van der Waals surface area (Å²) < 4.78 is 6.44. The van der Waals surface area contributed by atoms with Crippen molar-refractivity contribution in [3.05, 3.63) is 101 Å². The summed E-state index contributed by atoms with van der Waals surface area (Å²) in [6, 6.07) is 23.8. The predicted octanol–water partition coefficient (Wildman–Crippen LogP) is 5.37. The number of hydrogen-bond acceptors (Lipinski definition) is 9. The van der Waals surface area contributed by atoms with Gasteiger partial charge in [0.05, 0.1) is 34.5 Å². The molecule has 0 aliphatic rings. The van der Waals surface area contributed by atoms with Gasteiger partial charge in [-0.05, 0) is 62.3 Å². The normalized spacial score (nSPS) is 14.8. The van der Waals surface area contributed by atoms with Crippen molar-refractivity contribution >= 4 is 39.6 Å². The summed E-state index contributed by atoms with van der Waals surface area (Å²) in [5.41, 5.74) is 1.05. The third kappa shape index (κ3) is 12.2. The van der Waals surface area contributed by atoms with Gasteiger partial charge in [-0.2, -0.15) is 0 Å². The molecule has 1 heterocycles. The maximum Gasteiger partial charge on any atom is 0.408 e. The van der Waals surface area contributed by atoms with E-state index in [0.717, 1.165) is 21.3 Å². The van der Waals surface area contributed by atoms with E-state index in [1.807, 2.05) is 106 Å². The van der Waals surface area contributed by atoms with Crippen LogP contribution in [0.25, 0.3) is 10.2 Å². The summed E-state index contributed by atoms with van der Waals surface area (Å²) in [4.78, 5) is 45.0. The first kappa shape index (κ1) is 41.2. The van der Waals surface area contributed by atoms with Crippen molar-refractivity contribution in [2.45, 2.75) is 96.9 Å². The van der Waals surface area contributed by atoms with Crippen LogP contribution in [0.4, 0.5) is 9.59 Å². The molecular weight excluding hydrogens is 695 g/mol. The van der Waals surface area contributed by atoms with Crippen molar-refractivity contribution in [2.24, 2.45) is 5.41 Å². The van der Waals surface area contributed by atoms with Crippen molar-refractivity contribution in [3.63, 3.8) is 0 Å². The lowest BCUT2D eigenvalue weighted by Gasteiger charge is -2.42. The van der Waals surface area contributed by atoms with Gasteiger partial charge in [0.1, 0.15) is 17.7 Å². The monoisotopic (exact) mass is 747 g/mol. The lowest BCUT2D eigenvalue weighted by atomic mass is 9.85. The van der Waals surface area contributed by atoms with Gasteiger partial charge in [-0.15, -0.1) is 11.3 Å². The topological polar surface area (TPSA) is 173 Å². The van der Waals surface area contributed by atoms with Crippen LogP contribution in [0.2, 0.25) is 0 Å². The van der Waals surface area contributed by atoms with Crippen LogP contribution in [0.3, 0.4) is 0 Å². The minimum absolute atomic E-state index is 0.0205. The van der Waals surface area contributed by atoms with E-state index in [9.17, 15) is 29.7 Å². The van der Waals surface area contributed by atoms with Crippen molar-refractivity contribution in [3.8, 4) is 0 Å². The van der Waals surface area contributed by atoms with E-state index < -0.39 is 59.4 Å². The Kier molecular flexibility index (Phi) is 14.4. The first-order valence-electron chi connectivity index (χ1n) is 17.8. The Balaban J connectivity index is 1.43. The molecule has 0 spiro atoms. The summed E-state index contributed by atoms with van der Waals surface area (Å²) in [5, 5.41) is 42.5. The highest BCUT2D eigenvalue weighted by Crippen LogP contribution is 2.25. The molecule has 0 saturated carbocycles. The maximum absolute atomic E-state index is 13.9. The van der Waals surface area contributed by atoms with Gasteiger partial charge < -0.3 is 36.0 Å². The van der Waals surface area contributed by atoms with Crippen LogP contribution in [0.15, 0.2) is 84.9 Å². The minimum atomic E-state index is -1.15. The lowest BCUT2D eigenvalue weighted by molar-refractivity contribution is -0.127. The molecule has 286 valence electrons. The van der Waals surface area contributed by atoms with Crippen LogP contribution in [-0.2, 0) is 29.0 Å². The quantitative estimate of drug-likeness (QED) is 0.0882. The number of nitrogens with zero attached hydrogens (tertiary/aromatic N) is 2. The number of carbonyl (C=O) groups excluding carboxylic acids is 2. The van der Waals surface area contributed by atoms with Crippen LogP contribution in [0, 0.1) is 5.41 Å². The molecule has 3 aromatic carbocycles. The molecule has 3 amide bonds. The van der Waals surface area contributed by atoms with Gasteiger partial charge in [-0.1, -0.05) is 93.6 Å². The Hall–Kier alpha value is -4.56. The molecule has 0 radical (unpaired) electrons. The number of aliphatic hydroxyl groups excluding tert-OH is 2. The number of alkyl carbamates (subject to hydrolysis) is 1. The second-order valence-corrected chi connectivity index (χ2v) is 16.4. The molecule has 0 aliphatic heterocycles. The summed E-state index contributed by atoms with van der Waals surface area (Å²) >= 11 is 1.42. The molecule has 0 fully saturated rings. The third-order valence-corrected chi connectivity index (χ3v) is 9.85. The minimum Gasteiger partial charge on any atom is -0.465 e. The second kappa shape index (κ2) is 18.5. The Morgan fingerprint density at radius 1 is 0.792 bits per heavy atom. The Morgan fingerprint density at radius 3 is 1.92 bits per heavy atom. The van der Waals surface area contributed by atoms with E-state index in [1.54, 1.807) is 20.8 Å². The average molecular weight is 748 g/mol. The van der Waals surface area contributed by atoms with Crippen LogP contribution >= 0.6 is 11.3 Å². The lowest BCUT2D eigenvalue weighted by Crippen LogP contribution is -2.59. The number of fused-ring (bicyclic) bond motifs is 1. The number of ether oxygens (including phenoxy) is 1. The van der Waals surface area contributed by atoms with Crippen molar-refractivity contribution < 1.29 is 34.4 Å². The fourth-order valence-corrected chi connectivity index (χ4v) is 7.08. The predicted molar refractivity (Wildman–Crippen MR) is 207 cm³/mol. The number of carboxylic acid groups (broad SMARTS) is 1. The van der Waals surface area contributed by atoms with E-state index in [-0.39, 0.29) is 32.5 Å². The molecule has 53 heavy (non-hydrogen) atoms. The first-order valence-corrected chi connectivity index (χ1v) is 18.6. The van der Waals surface area contributed by atoms with Crippen molar-refractivity contribution in [1.29, 1.82) is 0 Å². The van der Waals surface area contributed by atoms with Gasteiger partial charge in [0, 0.05) is 18.6 Å². The summed E-state index contributed by atoms with van der Waals surface area (Å²) in [5.74, 6) is -0.500. The van der Waals surface area contributed by atoms with Gasteiger partial charge in [0.25, 0.3) is 0 Å². The third-order valence-electron chi connectivity index (χ3n) is 8.85. The molecule has 0 aliphatic carbocycles. The molecule has 1 aromatic heterocycles. The maximum atomic E-state index is 13.9. The van der Waals surface area contributed by atoms with E-state index >= 15 is 0 Å². The molecule has 5 atom stereocenters. The molecule has 4 aromatic rings. The molecule has 4 rings (SSSR count). The van der Waals surface area contributed by atoms with E-state index in [0.29, 0.717) is 5.01 Å². The van der Waals surface area contributed by atoms with Gasteiger partial charge in [0.2, 0.25) is 5.91 Å². The molecule has 0 saturated heterocycles. The van der Waals surface area contributed by atoms with Crippen LogP contribution < -0.4 is 16.0 Å². The number of para-hydroxylation sites is 1. The number of hydrogen-bond donors (Lipinski definition) is 6. The van der Waals surface area contributed by atoms with Gasteiger partial charge in [-0.3, -0.25) is 9.69 Å². The van der Waals surface area contributed by atoms with E-state index in [2.05, 4.69) is 20.9 Å². The highest BCUT2D eigenvalue weighted by Gasteiger charge is 2.38. The zero-order valence-corrected chi connectivity index (χ0v) is 32.1. The number of nitrogens with one attached hydrogen (secondary N) is 3. The van der Waals surface area contributed by atoms with Crippen molar-refractivity contribution in [1.82, 2.24) is 25.8 Å². The largest absolute Gasteiger partial charge is 0.465 e. The molecule has 6 N–H and O–H groups in total. The molecule has 0 unspecified atom stereocenters. The van der Waals surface area contributed by atoms with Gasteiger partial charge >= 0.3 is 12.2 Å². The molecule has 13 heteroatoms. The van der Waals surface area contributed by atoms with Crippen LogP contribution in [0.1, 0.15) is 57.7 Å². The molecule has 12 nitrogen and oxygen atoms in total. The van der Waals surface area contributed by atoms with E-state index in [4.69, 9.17) is 4.74 Å². The number of amides is 3. The fraction of sp³-hybridized carbons (Fsp3) is 0.450.